The van der Waals surface area contributed by atoms with Crippen LogP contribution in [-0.2, 0) is 6.54 Å². The van der Waals surface area contributed by atoms with Gasteiger partial charge in [-0.25, -0.2) is 9.38 Å². The van der Waals surface area contributed by atoms with Gasteiger partial charge in [0.2, 0.25) is 0 Å². The third kappa shape index (κ3) is 5.61. The van der Waals surface area contributed by atoms with Gasteiger partial charge < -0.3 is 10.6 Å². The Morgan fingerprint density at radius 2 is 2.12 bits per heavy atom. The van der Waals surface area contributed by atoms with Gasteiger partial charge in [0, 0.05) is 18.2 Å². The molecule has 0 heterocycles. The Hall–Kier alpha value is -2.30. The SMILES string of the molecule is CCNC(=NCc1cc(C#N)ccc1F)NC1CCCC(C(F)(F)F)C1. The van der Waals surface area contributed by atoms with E-state index in [1.165, 1.54) is 18.2 Å². The number of alkyl halides is 3. The lowest BCUT2D eigenvalue weighted by atomic mass is 9.85. The van der Waals surface area contributed by atoms with Crippen molar-refractivity contribution in [2.45, 2.75) is 51.4 Å². The molecule has 1 saturated carbocycles. The molecule has 0 saturated heterocycles. The third-order valence-corrected chi connectivity index (χ3v) is 4.40. The number of nitriles is 1. The normalized spacial score (nSPS) is 21.2. The molecule has 0 spiro atoms. The molecule has 0 aromatic heterocycles. The topological polar surface area (TPSA) is 60.2 Å². The van der Waals surface area contributed by atoms with Crippen LogP contribution < -0.4 is 10.6 Å². The van der Waals surface area contributed by atoms with Crippen LogP contribution in [-0.4, -0.2) is 24.7 Å². The average Bonchev–Trinajstić information content (AvgIpc) is 2.60. The van der Waals surface area contributed by atoms with E-state index in [0.29, 0.717) is 30.9 Å². The van der Waals surface area contributed by atoms with Crippen molar-refractivity contribution in [3.05, 3.63) is 35.1 Å². The van der Waals surface area contributed by atoms with Crippen LogP contribution in [0.15, 0.2) is 23.2 Å². The number of aliphatic imine (C=N–C) groups is 1. The lowest BCUT2D eigenvalue weighted by Gasteiger charge is -2.31. The van der Waals surface area contributed by atoms with Gasteiger partial charge in [-0.2, -0.15) is 18.4 Å². The molecule has 0 aliphatic heterocycles. The third-order valence-electron chi connectivity index (χ3n) is 4.40. The smallest absolute Gasteiger partial charge is 0.357 e. The second-order valence-electron chi connectivity index (χ2n) is 6.36. The summed E-state index contributed by atoms with van der Waals surface area (Å²) in [7, 11) is 0. The highest BCUT2D eigenvalue weighted by Gasteiger charge is 2.42. The number of nitrogens with zero attached hydrogens (tertiary/aromatic N) is 2. The minimum Gasteiger partial charge on any atom is -0.357 e. The molecule has 2 N–H and O–H groups in total. The van der Waals surface area contributed by atoms with E-state index in [-0.39, 0.29) is 31.0 Å². The molecule has 2 rings (SSSR count). The van der Waals surface area contributed by atoms with Crippen LogP contribution in [0.4, 0.5) is 17.6 Å². The molecule has 4 nitrogen and oxygen atoms in total. The summed E-state index contributed by atoms with van der Waals surface area (Å²) in [5, 5.41) is 14.9. The fraction of sp³-hybridized carbons (Fsp3) is 0.556. The Kier molecular flexibility index (Phi) is 6.83. The molecule has 1 fully saturated rings. The summed E-state index contributed by atoms with van der Waals surface area (Å²) in [6, 6.07) is 5.62. The van der Waals surface area contributed by atoms with Crippen LogP contribution in [0.2, 0.25) is 0 Å². The molecule has 1 aliphatic carbocycles. The number of hydrogen-bond acceptors (Lipinski definition) is 2. The first kappa shape index (κ1) is 20.0. The van der Waals surface area contributed by atoms with E-state index < -0.39 is 17.9 Å². The first-order chi connectivity index (χ1) is 12.3. The van der Waals surface area contributed by atoms with Crippen molar-refractivity contribution in [1.29, 1.82) is 5.26 Å². The Bertz CT molecular complexity index is 679. The predicted octanol–water partition coefficient (Wildman–Crippen LogP) is 3.87. The van der Waals surface area contributed by atoms with Crippen molar-refractivity contribution < 1.29 is 17.6 Å². The van der Waals surface area contributed by atoms with Crippen molar-refractivity contribution >= 4 is 5.96 Å². The number of halogens is 4. The van der Waals surface area contributed by atoms with Gasteiger partial charge in [-0.15, -0.1) is 0 Å². The van der Waals surface area contributed by atoms with Crippen LogP contribution in [0, 0.1) is 23.1 Å². The Morgan fingerprint density at radius 3 is 2.77 bits per heavy atom. The van der Waals surface area contributed by atoms with Gasteiger partial charge in [-0.1, -0.05) is 6.42 Å². The van der Waals surface area contributed by atoms with Crippen molar-refractivity contribution in [3.8, 4) is 6.07 Å². The summed E-state index contributed by atoms with van der Waals surface area (Å²) in [5.74, 6) is -1.43. The minimum atomic E-state index is -4.18. The summed E-state index contributed by atoms with van der Waals surface area (Å²) in [4.78, 5) is 4.27. The maximum atomic E-state index is 13.8. The molecule has 2 unspecified atom stereocenters. The molecule has 1 aliphatic rings. The number of rotatable bonds is 4. The Morgan fingerprint density at radius 1 is 1.35 bits per heavy atom. The summed E-state index contributed by atoms with van der Waals surface area (Å²) in [5.41, 5.74) is 0.591. The zero-order chi connectivity index (χ0) is 19.2. The van der Waals surface area contributed by atoms with Crippen LogP contribution in [0.5, 0.6) is 0 Å². The summed E-state index contributed by atoms with van der Waals surface area (Å²) in [6.45, 7) is 2.36. The van der Waals surface area contributed by atoms with Crippen molar-refractivity contribution in [2.24, 2.45) is 10.9 Å². The quantitative estimate of drug-likeness (QED) is 0.480. The molecule has 1 aromatic rings. The molecule has 2 atom stereocenters. The fourth-order valence-electron chi connectivity index (χ4n) is 3.06. The molecule has 0 bridgehead atoms. The maximum absolute atomic E-state index is 13.8. The van der Waals surface area contributed by atoms with Crippen LogP contribution >= 0.6 is 0 Å². The summed E-state index contributed by atoms with van der Waals surface area (Å²) in [6.07, 6.45) is -2.89. The maximum Gasteiger partial charge on any atom is 0.391 e. The zero-order valence-electron chi connectivity index (χ0n) is 14.5. The van der Waals surface area contributed by atoms with E-state index in [0.717, 1.165) is 0 Å². The van der Waals surface area contributed by atoms with Crippen molar-refractivity contribution in [3.63, 3.8) is 0 Å². The number of nitrogens with one attached hydrogen (secondary N) is 2. The molecular weight excluding hydrogens is 348 g/mol. The first-order valence-electron chi connectivity index (χ1n) is 8.63. The molecule has 0 amide bonds. The van der Waals surface area contributed by atoms with Crippen molar-refractivity contribution in [1.82, 2.24) is 10.6 Å². The number of guanidine groups is 1. The average molecular weight is 370 g/mol. The molecule has 26 heavy (non-hydrogen) atoms. The van der Waals surface area contributed by atoms with Crippen molar-refractivity contribution in [2.75, 3.05) is 6.54 Å². The van der Waals surface area contributed by atoms with Gasteiger partial charge in [0.25, 0.3) is 0 Å². The van der Waals surface area contributed by atoms with Crippen LogP contribution in [0.25, 0.3) is 0 Å². The summed E-state index contributed by atoms with van der Waals surface area (Å²) < 4.78 is 52.7. The number of hydrogen-bond donors (Lipinski definition) is 2. The standard InChI is InChI=1S/C18H22F4N4/c1-2-24-17(25-11-13-8-12(10-23)6-7-16(13)19)26-15-5-3-4-14(9-15)18(20,21)22/h6-8,14-15H,2-5,9,11H2,1H3,(H2,24,25,26). The monoisotopic (exact) mass is 370 g/mol. The lowest BCUT2D eigenvalue weighted by Crippen LogP contribution is -2.46. The largest absolute Gasteiger partial charge is 0.391 e. The minimum absolute atomic E-state index is 0.00614. The van der Waals surface area contributed by atoms with Crippen LogP contribution in [0.1, 0.15) is 43.7 Å². The van der Waals surface area contributed by atoms with Gasteiger partial charge in [0.15, 0.2) is 5.96 Å². The molecule has 1 aromatic carbocycles. The fourth-order valence-corrected chi connectivity index (χ4v) is 3.06. The Balaban J connectivity index is 2.06. The van der Waals surface area contributed by atoms with E-state index in [9.17, 15) is 17.6 Å². The van der Waals surface area contributed by atoms with Gasteiger partial charge in [-0.05, 0) is 44.4 Å². The molecule has 142 valence electrons. The second-order valence-corrected chi connectivity index (χ2v) is 6.36. The predicted molar refractivity (Wildman–Crippen MR) is 90.9 cm³/mol. The van der Waals surface area contributed by atoms with E-state index in [4.69, 9.17) is 5.26 Å². The van der Waals surface area contributed by atoms with E-state index >= 15 is 0 Å². The summed E-state index contributed by atoms with van der Waals surface area (Å²) >= 11 is 0. The number of benzene rings is 1. The van der Waals surface area contributed by atoms with E-state index in [1.807, 2.05) is 13.0 Å². The zero-order valence-corrected chi connectivity index (χ0v) is 14.5. The van der Waals surface area contributed by atoms with Gasteiger partial charge in [0.05, 0.1) is 24.1 Å². The molecule has 0 radical (unpaired) electrons. The second kappa shape index (κ2) is 8.88. The lowest BCUT2D eigenvalue weighted by molar-refractivity contribution is -0.183. The van der Waals surface area contributed by atoms with E-state index in [1.54, 1.807) is 0 Å². The van der Waals surface area contributed by atoms with Gasteiger partial charge in [-0.3, -0.25) is 0 Å². The molecular formula is C18H22F4N4. The molecule has 8 heteroatoms. The Labute approximate surface area is 150 Å². The highest BCUT2D eigenvalue weighted by Crippen LogP contribution is 2.37. The first-order valence-corrected chi connectivity index (χ1v) is 8.63. The van der Waals surface area contributed by atoms with Crippen LogP contribution in [0.3, 0.4) is 0 Å². The van der Waals surface area contributed by atoms with Gasteiger partial charge in [0.1, 0.15) is 5.82 Å². The van der Waals surface area contributed by atoms with E-state index in [2.05, 4.69) is 15.6 Å². The highest BCUT2D eigenvalue weighted by atomic mass is 19.4. The highest BCUT2D eigenvalue weighted by molar-refractivity contribution is 5.80. The van der Waals surface area contributed by atoms with Gasteiger partial charge >= 0.3 is 6.18 Å².